The highest BCUT2D eigenvalue weighted by Crippen LogP contribution is 2.61. The summed E-state index contributed by atoms with van der Waals surface area (Å²) in [5, 5.41) is 10.7. The number of halogens is 1. The van der Waals surface area contributed by atoms with Gasteiger partial charge < -0.3 is 14.9 Å². The molecule has 1 heterocycles. The fourth-order valence-corrected chi connectivity index (χ4v) is 7.44. The van der Waals surface area contributed by atoms with E-state index in [1.54, 1.807) is 29.2 Å². The first-order chi connectivity index (χ1) is 18.4. The molecule has 39 heavy (non-hydrogen) atoms. The summed E-state index contributed by atoms with van der Waals surface area (Å²) in [6.07, 6.45) is 10.5. The Labute approximate surface area is 233 Å². The maximum atomic E-state index is 13.1. The van der Waals surface area contributed by atoms with Crippen molar-refractivity contribution < 1.29 is 19.1 Å². The second-order valence-electron chi connectivity index (χ2n) is 12.7. The number of aliphatic hydroxyl groups is 1. The van der Waals surface area contributed by atoms with E-state index in [-0.39, 0.29) is 34.6 Å². The Kier molecular flexibility index (Phi) is 8.85. The van der Waals surface area contributed by atoms with Gasteiger partial charge in [-0.05, 0) is 91.9 Å². The molecule has 3 fully saturated rings. The second kappa shape index (κ2) is 11.8. The summed E-state index contributed by atoms with van der Waals surface area (Å²) in [4.78, 5) is 29.1. The highest BCUT2D eigenvalue weighted by molar-refractivity contribution is 5.92. The van der Waals surface area contributed by atoms with Gasteiger partial charge in [0.1, 0.15) is 5.82 Å². The number of amides is 2. The summed E-state index contributed by atoms with van der Waals surface area (Å²) in [5.74, 6) is 0.477. The Morgan fingerprint density at radius 3 is 2.31 bits per heavy atom. The van der Waals surface area contributed by atoms with Gasteiger partial charge in [-0.25, -0.2) is 4.39 Å². The number of rotatable bonds is 6. The van der Waals surface area contributed by atoms with Crippen LogP contribution >= 0.6 is 0 Å². The molecule has 1 N–H and O–H groups in total. The van der Waals surface area contributed by atoms with Crippen LogP contribution in [0.1, 0.15) is 71.8 Å². The van der Waals surface area contributed by atoms with Crippen LogP contribution in [0.15, 0.2) is 54.1 Å². The molecule has 1 aromatic rings. The van der Waals surface area contributed by atoms with Gasteiger partial charge in [-0.1, -0.05) is 50.6 Å². The molecule has 2 aliphatic carbocycles. The first-order valence-corrected chi connectivity index (χ1v) is 14.5. The number of hydrogen-bond acceptors (Lipinski definition) is 3. The van der Waals surface area contributed by atoms with Crippen molar-refractivity contribution in [2.75, 3.05) is 26.2 Å². The lowest BCUT2D eigenvalue weighted by atomic mass is 9.46. The third kappa shape index (κ3) is 6.37. The van der Waals surface area contributed by atoms with E-state index in [0.29, 0.717) is 38.0 Å². The number of nitrogens with zero attached hydrogens (tertiary/aromatic N) is 2. The van der Waals surface area contributed by atoms with Gasteiger partial charge >= 0.3 is 0 Å². The number of piperazine rings is 1. The molecule has 6 heteroatoms. The van der Waals surface area contributed by atoms with Crippen molar-refractivity contribution in [3.8, 4) is 0 Å². The normalized spacial score (nSPS) is 29.4. The topological polar surface area (TPSA) is 60.9 Å². The smallest absolute Gasteiger partial charge is 0.246 e. The molecule has 0 unspecified atom stereocenters. The van der Waals surface area contributed by atoms with Gasteiger partial charge in [0.2, 0.25) is 11.8 Å². The highest BCUT2D eigenvalue weighted by atomic mass is 19.1. The maximum absolute atomic E-state index is 13.1. The molecule has 3 aliphatic rings. The predicted octanol–water partition coefficient (Wildman–Crippen LogP) is 6.01. The Morgan fingerprint density at radius 2 is 1.67 bits per heavy atom. The van der Waals surface area contributed by atoms with Crippen molar-refractivity contribution in [3.05, 3.63) is 65.5 Å². The molecule has 4 atom stereocenters. The highest BCUT2D eigenvalue weighted by Gasteiger charge is 2.55. The minimum atomic E-state index is -0.306. The molecule has 1 saturated heterocycles. The Balaban J connectivity index is 1.29. The molecular weight excluding hydrogens is 491 g/mol. The van der Waals surface area contributed by atoms with E-state index in [4.69, 9.17) is 0 Å². The number of benzene rings is 1. The van der Waals surface area contributed by atoms with Crippen molar-refractivity contribution in [1.82, 2.24) is 9.80 Å². The van der Waals surface area contributed by atoms with Gasteiger partial charge in [0.15, 0.2) is 0 Å². The van der Waals surface area contributed by atoms with E-state index in [1.165, 1.54) is 23.8 Å². The van der Waals surface area contributed by atoms with E-state index >= 15 is 0 Å². The lowest BCUT2D eigenvalue weighted by Crippen LogP contribution is -2.54. The Morgan fingerprint density at radius 1 is 1.05 bits per heavy atom. The van der Waals surface area contributed by atoms with E-state index in [9.17, 15) is 19.1 Å². The summed E-state index contributed by atoms with van der Waals surface area (Å²) >= 11 is 0. The van der Waals surface area contributed by atoms with Crippen LogP contribution in [0.3, 0.4) is 0 Å². The maximum Gasteiger partial charge on any atom is 0.246 e. The number of fused-ring (bicyclic) bond motifs is 1. The second-order valence-corrected chi connectivity index (χ2v) is 12.7. The van der Waals surface area contributed by atoms with Crippen LogP contribution in [-0.4, -0.2) is 59.0 Å². The molecule has 0 bridgehead atoms. The third-order valence-electron chi connectivity index (χ3n) is 9.94. The van der Waals surface area contributed by atoms with E-state index < -0.39 is 0 Å². The Hall–Kier alpha value is -2.73. The van der Waals surface area contributed by atoms with Crippen LogP contribution in [0, 0.1) is 28.5 Å². The van der Waals surface area contributed by atoms with Gasteiger partial charge in [-0.2, -0.15) is 0 Å². The molecule has 0 spiro atoms. The zero-order valence-electron chi connectivity index (χ0n) is 24.1. The first kappa shape index (κ1) is 29.3. The lowest BCUT2D eigenvalue weighted by molar-refractivity contribution is -0.134. The molecule has 0 radical (unpaired) electrons. The van der Waals surface area contributed by atoms with Gasteiger partial charge in [-0.3, -0.25) is 9.59 Å². The average molecular weight is 537 g/mol. The van der Waals surface area contributed by atoms with Gasteiger partial charge in [0.25, 0.3) is 0 Å². The number of carbonyl (C=O) groups excluding carboxylic acids is 2. The van der Waals surface area contributed by atoms with E-state index in [0.717, 1.165) is 49.7 Å². The largest absolute Gasteiger partial charge is 0.393 e. The zero-order valence-corrected chi connectivity index (χ0v) is 24.1. The van der Waals surface area contributed by atoms with Crippen LogP contribution in [-0.2, 0) is 9.59 Å². The Bertz CT molecular complexity index is 1130. The molecule has 4 rings (SSSR count). The van der Waals surface area contributed by atoms with Crippen LogP contribution in [0.4, 0.5) is 4.39 Å². The molecule has 1 aromatic carbocycles. The summed E-state index contributed by atoms with van der Waals surface area (Å²) < 4.78 is 13.1. The van der Waals surface area contributed by atoms with Gasteiger partial charge in [-0.15, -0.1) is 0 Å². The van der Waals surface area contributed by atoms with Crippen molar-refractivity contribution in [2.24, 2.45) is 22.7 Å². The quantitative estimate of drug-likeness (QED) is 0.358. The summed E-state index contributed by atoms with van der Waals surface area (Å²) in [5.41, 5.74) is 3.22. The summed E-state index contributed by atoms with van der Waals surface area (Å²) in [7, 11) is 0. The number of aliphatic hydroxyl groups excluding tert-OH is 1. The fraction of sp³-hybridized carbons (Fsp3) is 0.576. The van der Waals surface area contributed by atoms with Crippen molar-refractivity contribution in [1.29, 1.82) is 0 Å². The van der Waals surface area contributed by atoms with Crippen LogP contribution in [0.5, 0.6) is 0 Å². The number of hydrogen-bond donors (Lipinski definition) is 1. The van der Waals surface area contributed by atoms with Crippen LogP contribution in [0.2, 0.25) is 0 Å². The van der Waals surface area contributed by atoms with Crippen LogP contribution < -0.4 is 0 Å². The van der Waals surface area contributed by atoms with Crippen LogP contribution in [0.25, 0.3) is 6.08 Å². The first-order valence-electron chi connectivity index (χ1n) is 14.5. The average Bonchev–Trinajstić information content (AvgIpc) is 2.90. The van der Waals surface area contributed by atoms with Gasteiger partial charge in [0.05, 0.1) is 6.10 Å². The van der Waals surface area contributed by atoms with Crippen molar-refractivity contribution in [3.63, 3.8) is 0 Å². The molecule has 212 valence electrons. The van der Waals surface area contributed by atoms with E-state index in [2.05, 4.69) is 27.4 Å². The minimum absolute atomic E-state index is 0.00920. The van der Waals surface area contributed by atoms with E-state index in [1.807, 2.05) is 11.8 Å². The van der Waals surface area contributed by atoms with Gasteiger partial charge in [0, 0.05) is 38.3 Å². The molecular formula is C33H45FN2O3. The number of allylic oxidation sites excluding steroid dienone is 2. The molecule has 1 aliphatic heterocycles. The molecule has 2 saturated carbocycles. The summed E-state index contributed by atoms with van der Waals surface area (Å²) in [6, 6.07) is 6.00. The SMILES string of the molecule is C=C1CC[C@@H]2C(C)(C)[C@H](O)CC[C@@]2(C)[C@@H]1CC/C(C)=C/C(=O)N1CCN(C(=O)/C=C/c2ccc(F)cc2)CC1. The van der Waals surface area contributed by atoms with Crippen molar-refractivity contribution >= 4 is 17.9 Å². The van der Waals surface area contributed by atoms with Crippen molar-refractivity contribution in [2.45, 2.75) is 72.3 Å². The molecule has 5 nitrogen and oxygen atoms in total. The molecule has 2 amide bonds. The third-order valence-corrected chi connectivity index (χ3v) is 9.94. The predicted molar refractivity (Wildman–Crippen MR) is 154 cm³/mol. The lowest BCUT2D eigenvalue weighted by Gasteiger charge is -2.59. The summed E-state index contributed by atoms with van der Waals surface area (Å²) in [6.45, 7) is 15.4. The molecule has 0 aromatic heterocycles. The standard InChI is InChI=1S/C33H45FN2O3/c1-23(6-13-27-24(2)7-14-28-32(3,4)29(37)16-17-33(27,28)5)22-31(39)36-20-18-35(19-21-36)30(38)15-10-25-8-11-26(34)12-9-25/h8-12,15,22,27-29,37H,2,6-7,13-14,16-21H2,1,3-5H3/b15-10+,23-22+/t27-,28-,29-,33+/m1/s1. The monoisotopic (exact) mass is 536 g/mol. The number of carbonyl (C=O) groups is 2. The minimum Gasteiger partial charge on any atom is -0.393 e. The fourth-order valence-electron chi connectivity index (χ4n) is 7.44. The zero-order chi connectivity index (χ0) is 28.4.